The summed E-state index contributed by atoms with van der Waals surface area (Å²) in [7, 11) is 0. The fourth-order valence-corrected chi connectivity index (χ4v) is 2.08. The molecule has 0 aliphatic rings. The molecule has 0 N–H and O–H groups in total. The molecule has 0 radical (unpaired) electrons. The van der Waals surface area contributed by atoms with E-state index in [1.54, 1.807) is 12.1 Å². The van der Waals surface area contributed by atoms with Crippen LogP contribution >= 0.6 is 0 Å². The Bertz CT molecular complexity index is 561. The van der Waals surface area contributed by atoms with Gasteiger partial charge < -0.3 is 0 Å². The molecule has 0 saturated heterocycles. The Morgan fingerprint density at radius 1 is 1.11 bits per heavy atom. The van der Waals surface area contributed by atoms with Crippen LogP contribution in [0.25, 0.3) is 0 Å². The van der Waals surface area contributed by atoms with Gasteiger partial charge in [-0.1, -0.05) is 36.4 Å². The van der Waals surface area contributed by atoms with Crippen molar-refractivity contribution in [2.24, 2.45) is 0 Å². The van der Waals surface area contributed by atoms with Crippen molar-refractivity contribution in [3.05, 3.63) is 71.0 Å². The van der Waals surface area contributed by atoms with Crippen LogP contribution in [-0.4, -0.2) is 5.78 Å². The highest BCUT2D eigenvalue weighted by molar-refractivity contribution is 5.96. The number of hydrogen-bond acceptors (Lipinski definition) is 1. The van der Waals surface area contributed by atoms with E-state index in [4.69, 9.17) is 0 Å². The van der Waals surface area contributed by atoms with Crippen molar-refractivity contribution in [1.29, 1.82) is 0 Å². The van der Waals surface area contributed by atoms with Crippen molar-refractivity contribution in [3.63, 3.8) is 0 Å². The van der Waals surface area contributed by atoms with Crippen molar-refractivity contribution in [2.75, 3.05) is 0 Å². The van der Waals surface area contributed by atoms with Crippen LogP contribution in [0.1, 0.15) is 34.3 Å². The standard InChI is InChI=1S/C17H17FO/c1-13-10-11-15(16(18)12-13)17(19)9-5-8-14-6-3-2-4-7-14/h2-4,6-7,10-12H,5,8-9H2,1H3. The highest BCUT2D eigenvalue weighted by Crippen LogP contribution is 2.14. The molecular weight excluding hydrogens is 239 g/mol. The first-order valence-electron chi connectivity index (χ1n) is 6.50. The molecule has 0 aliphatic carbocycles. The molecule has 0 atom stereocenters. The van der Waals surface area contributed by atoms with Crippen molar-refractivity contribution in [3.8, 4) is 0 Å². The molecule has 0 aromatic heterocycles. The maximum absolute atomic E-state index is 13.6. The zero-order chi connectivity index (χ0) is 13.7. The Hall–Kier alpha value is -1.96. The third kappa shape index (κ3) is 3.75. The summed E-state index contributed by atoms with van der Waals surface area (Å²) in [6.45, 7) is 1.81. The largest absolute Gasteiger partial charge is 0.294 e. The Morgan fingerprint density at radius 3 is 2.53 bits per heavy atom. The van der Waals surface area contributed by atoms with E-state index in [1.165, 1.54) is 11.6 Å². The third-order valence-corrected chi connectivity index (χ3v) is 3.14. The number of aryl methyl sites for hydroxylation is 2. The number of halogens is 1. The van der Waals surface area contributed by atoms with Gasteiger partial charge in [0.15, 0.2) is 5.78 Å². The van der Waals surface area contributed by atoms with Gasteiger partial charge in [0.1, 0.15) is 5.82 Å². The summed E-state index contributed by atoms with van der Waals surface area (Å²) in [4.78, 5) is 11.9. The normalized spacial score (nSPS) is 10.4. The topological polar surface area (TPSA) is 17.1 Å². The number of carbonyl (C=O) groups is 1. The SMILES string of the molecule is Cc1ccc(C(=O)CCCc2ccccc2)c(F)c1. The molecule has 0 bridgehead atoms. The highest BCUT2D eigenvalue weighted by atomic mass is 19.1. The van der Waals surface area contributed by atoms with Crippen molar-refractivity contribution in [2.45, 2.75) is 26.2 Å². The number of rotatable bonds is 5. The molecule has 1 nitrogen and oxygen atoms in total. The molecule has 0 unspecified atom stereocenters. The molecule has 0 spiro atoms. The van der Waals surface area contributed by atoms with Gasteiger partial charge in [-0.15, -0.1) is 0 Å². The Kier molecular flexibility index (Phi) is 4.45. The summed E-state index contributed by atoms with van der Waals surface area (Å²) in [5.41, 5.74) is 2.25. The van der Waals surface area contributed by atoms with Crippen LogP contribution < -0.4 is 0 Å². The van der Waals surface area contributed by atoms with Crippen LogP contribution in [0.3, 0.4) is 0 Å². The van der Waals surface area contributed by atoms with E-state index in [-0.39, 0.29) is 11.3 Å². The lowest BCUT2D eigenvalue weighted by Gasteiger charge is -2.04. The zero-order valence-electron chi connectivity index (χ0n) is 11.0. The van der Waals surface area contributed by atoms with Gasteiger partial charge in [-0.25, -0.2) is 4.39 Å². The number of Topliss-reactive ketones (excluding diaryl/α,β-unsaturated/α-hetero) is 1. The van der Waals surface area contributed by atoms with Gasteiger partial charge in [-0.05, 0) is 43.0 Å². The van der Waals surface area contributed by atoms with E-state index in [9.17, 15) is 9.18 Å². The lowest BCUT2D eigenvalue weighted by atomic mass is 10.0. The molecule has 0 fully saturated rings. The highest BCUT2D eigenvalue weighted by Gasteiger charge is 2.11. The fraction of sp³-hybridized carbons (Fsp3) is 0.235. The molecule has 0 amide bonds. The summed E-state index contributed by atoms with van der Waals surface area (Å²) < 4.78 is 13.6. The molecule has 0 saturated carbocycles. The molecular formula is C17H17FO. The minimum atomic E-state index is -0.412. The fourth-order valence-electron chi connectivity index (χ4n) is 2.08. The monoisotopic (exact) mass is 256 g/mol. The van der Waals surface area contributed by atoms with Crippen LogP contribution in [-0.2, 0) is 6.42 Å². The van der Waals surface area contributed by atoms with E-state index in [1.807, 2.05) is 37.3 Å². The minimum absolute atomic E-state index is 0.117. The lowest BCUT2D eigenvalue weighted by Crippen LogP contribution is -2.03. The van der Waals surface area contributed by atoms with Crippen molar-refractivity contribution < 1.29 is 9.18 Å². The molecule has 2 heteroatoms. The van der Waals surface area contributed by atoms with Crippen LogP contribution in [0.15, 0.2) is 48.5 Å². The van der Waals surface area contributed by atoms with Gasteiger partial charge in [0.2, 0.25) is 0 Å². The first-order chi connectivity index (χ1) is 9.16. The van der Waals surface area contributed by atoms with Crippen LogP contribution in [0.5, 0.6) is 0 Å². The minimum Gasteiger partial charge on any atom is -0.294 e. The first kappa shape index (κ1) is 13.5. The van der Waals surface area contributed by atoms with Crippen molar-refractivity contribution in [1.82, 2.24) is 0 Å². The van der Waals surface area contributed by atoms with Gasteiger partial charge in [0.05, 0.1) is 5.56 Å². The Balaban J connectivity index is 1.91. The van der Waals surface area contributed by atoms with Crippen LogP contribution in [0, 0.1) is 12.7 Å². The van der Waals surface area contributed by atoms with Gasteiger partial charge in [0, 0.05) is 6.42 Å². The quantitative estimate of drug-likeness (QED) is 0.727. The summed E-state index contributed by atoms with van der Waals surface area (Å²) in [6, 6.07) is 14.8. The van der Waals surface area contributed by atoms with Gasteiger partial charge in [0.25, 0.3) is 0 Å². The van der Waals surface area contributed by atoms with E-state index < -0.39 is 5.82 Å². The molecule has 2 aromatic rings. The summed E-state index contributed by atoms with van der Waals surface area (Å²) >= 11 is 0. The zero-order valence-corrected chi connectivity index (χ0v) is 11.0. The summed E-state index contributed by atoms with van der Waals surface area (Å²) in [5, 5.41) is 0. The molecule has 0 heterocycles. The van der Waals surface area contributed by atoms with Gasteiger partial charge in [-0.3, -0.25) is 4.79 Å². The lowest BCUT2D eigenvalue weighted by molar-refractivity contribution is 0.0976. The van der Waals surface area contributed by atoms with Crippen molar-refractivity contribution >= 4 is 5.78 Å². The van der Waals surface area contributed by atoms with Crippen LogP contribution in [0.2, 0.25) is 0 Å². The molecule has 2 rings (SSSR count). The third-order valence-electron chi connectivity index (χ3n) is 3.14. The second-order valence-corrected chi connectivity index (χ2v) is 4.75. The second kappa shape index (κ2) is 6.28. The smallest absolute Gasteiger partial charge is 0.165 e. The van der Waals surface area contributed by atoms with Gasteiger partial charge in [-0.2, -0.15) is 0 Å². The predicted octanol–water partition coefficient (Wildman–Crippen LogP) is 4.34. The number of ketones is 1. The second-order valence-electron chi connectivity index (χ2n) is 4.75. The molecule has 2 aromatic carbocycles. The van der Waals surface area contributed by atoms with E-state index >= 15 is 0 Å². The first-order valence-corrected chi connectivity index (χ1v) is 6.50. The van der Waals surface area contributed by atoms with Crippen LogP contribution in [0.4, 0.5) is 4.39 Å². The molecule has 98 valence electrons. The summed E-state index contributed by atoms with van der Waals surface area (Å²) in [6.07, 6.45) is 1.98. The number of hydrogen-bond donors (Lipinski definition) is 0. The molecule has 19 heavy (non-hydrogen) atoms. The average molecular weight is 256 g/mol. The summed E-state index contributed by atoms with van der Waals surface area (Å²) in [5.74, 6) is -0.529. The predicted molar refractivity (Wildman–Crippen MR) is 74.8 cm³/mol. The average Bonchev–Trinajstić information content (AvgIpc) is 2.39. The van der Waals surface area contributed by atoms with E-state index in [0.717, 1.165) is 18.4 Å². The number of carbonyl (C=O) groups excluding carboxylic acids is 1. The Morgan fingerprint density at radius 2 is 1.84 bits per heavy atom. The maximum Gasteiger partial charge on any atom is 0.165 e. The maximum atomic E-state index is 13.6. The van der Waals surface area contributed by atoms with E-state index in [2.05, 4.69) is 0 Å². The Labute approximate surface area is 113 Å². The van der Waals surface area contributed by atoms with E-state index in [0.29, 0.717) is 6.42 Å². The number of benzene rings is 2. The van der Waals surface area contributed by atoms with Gasteiger partial charge >= 0.3 is 0 Å². The molecule has 0 aliphatic heterocycles.